The second kappa shape index (κ2) is 6.39. The quantitative estimate of drug-likeness (QED) is 0.699. The molecular weight excluding hydrogens is 266 g/mol. The summed E-state index contributed by atoms with van der Waals surface area (Å²) in [6.07, 6.45) is 2.70. The van der Waals surface area contributed by atoms with Gasteiger partial charge in [-0.2, -0.15) is 0 Å². The van der Waals surface area contributed by atoms with Crippen molar-refractivity contribution in [2.45, 2.75) is 6.04 Å². The van der Waals surface area contributed by atoms with Gasteiger partial charge in [-0.3, -0.25) is 4.79 Å². The summed E-state index contributed by atoms with van der Waals surface area (Å²) < 4.78 is 0.601. The Balaban J connectivity index is 2.54. The third kappa shape index (κ3) is 4.56. The number of amides is 1. The Bertz CT molecular complexity index is 443. The highest BCUT2D eigenvalue weighted by Gasteiger charge is 2.16. The Morgan fingerprint density at radius 1 is 1.53 bits per heavy atom. The number of carbonyl (C=O) groups excluding carboxylic acids is 1. The summed E-state index contributed by atoms with van der Waals surface area (Å²) in [5.41, 5.74) is 0. The van der Waals surface area contributed by atoms with E-state index in [1.807, 2.05) is 0 Å². The van der Waals surface area contributed by atoms with E-state index in [0.717, 1.165) is 4.88 Å². The molecule has 0 bridgehead atoms. The number of carboxylic acids is 1. The summed E-state index contributed by atoms with van der Waals surface area (Å²) in [5.74, 6) is -1.87. The molecule has 1 aromatic rings. The first kappa shape index (κ1) is 13.7. The molecule has 3 N–H and O–H groups in total. The molecule has 0 fully saturated rings. The van der Waals surface area contributed by atoms with Crippen LogP contribution in [-0.2, 0) is 9.59 Å². The zero-order chi connectivity index (χ0) is 12.8. The summed E-state index contributed by atoms with van der Waals surface area (Å²) in [7, 11) is 0. The van der Waals surface area contributed by atoms with E-state index in [0.29, 0.717) is 4.34 Å². The number of carbonyl (C=O) groups is 2. The molecule has 92 valence electrons. The minimum absolute atomic E-state index is 0.587. The first-order valence-corrected chi connectivity index (χ1v) is 5.80. The van der Waals surface area contributed by atoms with E-state index in [1.54, 1.807) is 12.1 Å². The Morgan fingerprint density at radius 3 is 2.71 bits per heavy atom. The first-order valence-electron chi connectivity index (χ1n) is 4.60. The van der Waals surface area contributed by atoms with Crippen LogP contribution in [0.4, 0.5) is 0 Å². The molecule has 0 aromatic carbocycles. The molecule has 0 spiro atoms. The average Bonchev–Trinajstić information content (AvgIpc) is 2.68. The number of nitrogens with one attached hydrogen (secondary N) is 1. The van der Waals surface area contributed by atoms with Gasteiger partial charge in [-0.05, 0) is 18.2 Å². The van der Waals surface area contributed by atoms with Gasteiger partial charge >= 0.3 is 5.97 Å². The molecule has 0 aliphatic heterocycles. The van der Waals surface area contributed by atoms with Crippen molar-refractivity contribution in [2.75, 3.05) is 6.61 Å². The smallest absolute Gasteiger partial charge is 0.328 e. The predicted molar refractivity (Wildman–Crippen MR) is 65.0 cm³/mol. The molecule has 0 aliphatic carbocycles. The van der Waals surface area contributed by atoms with Crippen LogP contribution >= 0.6 is 22.9 Å². The van der Waals surface area contributed by atoms with Crippen LogP contribution in [0.5, 0.6) is 0 Å². The van der Waals surface area contributed by atoms with Crippen LogP contribution < -0.4 is 5.32 Å². The second-order valence-electron chi connectivity index (χ2n) is 3.06. The third-order valence-corrected chi connectivity index (χ3v) is 2.99. The fourth-order valence-corrected chi connectivity index (χ4v) is 1.94. The van der Waals surface area contributed by atoms with Crippen LogP contribution in [0, 0.1) is 0 Å². The minimum Gasteiger partial charge on any atom is -0.480 e. The van der Waals surface area contributed by atoms with Gasteiger partial charge in [0.15, 0.2) is 6.04 Å². The van der Waals surface area contributed by atoms with Crippen LogP contribution in [0.2, 0.25) is 4.34 Å². The first-order chi connectivity index (χ1) is 8.02. The van der Waals surface area contributed by atoms with Crippen LogP contribution in [0.15, 0.2) is 18.2 Å². The van der Waals surface area contributed by atoms with Gasteiger partial charge in [0.2, 0.25) is 5.91 Å². The Hall–Kier alpha value is -1.37. The molecule has 1 amide bonds. The molecule has 0 aliphatic rings. The fraction of sp³-hybridized carbons (Fsp3) is 0.200. The van der Waals surface area contributed by atoms with Crippen molar-refractivity contribution in [2.24, 2.45) is 0 Å². The number of carboxylic acid groups (broad SMARTS) is 1. The van der Waals surface area contributed by atoms with Gasteiger partial charge in [0.05, 0.1) is 10.9 Å². The standard InChI is InChI=1S/C10H10ClNO4S/c11-8-3-1-6(17-8)2-4-9(14)12-7(5-13)10(15)16/h1-4,7,13H,5H2,(H,12,14)(H,15,16)/b4-2+. The summed E-state index contributed by atoms with van der Waals surface area (Å²) in [5, 5.41) is 19.4. The van der Waals surface area contributed by atoms with Crippen LogP contribution in [0.3, 0.4) is 0 Å². The molecule has 7 heteroatoms. The SMILES string of the molecule is O=C(/C=C/c1ccc(Cl)s1)NC(CO)C(=O)O. The second-order valence-corrected chi connectivity index (χ2v) is 4.80. The largest absolute Gasteiger partial charge is 0.480 e. The van der Waals surface area contributed by atoms with E-state index in [2.05, 4.69) is 5.32 Å². The molecule has 17 heavy (non-hydrogen) atoms. The Labute approximate surface area is 106 Å². The normalized spacial score (nSPS) is 12.6. The molecule has 1 heterocycles. The van der Waals surface area contributed by atoms with Gasteiger partial charge in [0, 0.05) is 11.0 Å². The highest BCUT2D eigenvalue weighted by Crippen LogP contribution is 2.22. The Kier molecular flexibility index (Phi) is 5.14. The Morgan fingerprint density at radius 2 is 2.24 bits per heavy atom. The summed E-state index contributed by atoms with van der Waals surface area (Å²) in [4.78, 5) is 22.6. The van der Waals surface area contributed by atoms with Gasteiger partial charge in [0.25, 0.3) is 0 Å². The van der Waals surface area contributed by atoms with Crippen LogP contribution in [-0.4, -0.2) is 34.7 Å². The van der Waals surface area contributed by atoms with Crippen molar-refractivity contribution in [3.05, 3.63) is 27.4 Å². The maximum absolute atomic E-state index is 11.3. The van der Waals surface area contributed by atoms with Crippen molar-refractivity contribution in [3.8, 4) is 0 Å². The van der Waals surface area contributed by atoms with Crippen LogP contribution in [0.1, 0.15) is 4.88 Å². The summed E-state index contributed by atoms with van der Waals surface area (Å²) >= 11 is 6.99. The molecule has 1 atom stereocenters. The van der Waals surface area contributed by atoms with E-state index in [9.17, 15) is 9.59 Å². The predicted octanol–water partition coefficient (Wildman–Crippen LogP) is 0.976. The van der Waals surface area contributed by atoms with E-state index >= 15 is 0 Å². The zero-order valence-corrected chi connectivity index (χ0v) is 10.2. The lowest BCUT2D eigenvalue weighted by Crippen LogP contribution is -2.42. The highest BCUT2D eigenvalue weighted by molar-refractivity contribution is 7.17. The van der Waals surface area contributed by atoms with Gasteiger partial charge in [-0.25, -0.2) is 4.79 Å². The molecule has 0 radical (unpaired) electrons. The zero-order valence-electron chi connectivity index (χ0n) is 8.59. The lowest BCUT2D eigenvalue weighted by Gasteiger charge is -2.08. The number of aliphatic hydroxyl groups excluding tert-OH is 1. The lowest BCUT2D eigenvalue weighted by molar-refractivity contribution is -0.142. The molecule has 5 nitrogen and oxygen atoms in total. The van der Waals surface area contributed by atoms with Gasteiger partial charge in [-0.15, -0.1) is 11.3 Å². The number of hydrogen-bond acceptors (Lipinski definition) is 4. The van der Waals surface area contributed by atoms with Gasteiger partial charge in [0.1, 0.15) is 0 Å². The summed E-state index contributed by atoms with van der Waals surface area (Å²) in [6, 6.07) is 2.13. The highest BCUT2D eigenvalue weighted by atomic mass is 35.5. The van der Waals surface area contributed by atoms with Crippen LogP contribution in [0.25, 0.3) is 6.08 Å². The minimum atomic E-state index is -1.29. The van der Waals surface area contributed by atoms with E-state index in [1.165, 1.54) is 23.5 Å². The molecule has 1 rings (SSSR count). The van der Waals surface area contributed by atoms with E-state index in [4.69, 9.17) is 21.8 Å². The number of halogens is 1. The monoisotopic (exact) mass is 275 g/mol. The number of thiophene rings is 1. The van der Waals surface area contributed by atoms with E-state index in [-0.39, 0.29) is 0 Å². The van der Waals surface area contributed by atoms with Crippen molar-refractivity contribution < 1.29 is 19.8 Å². The van der Waals surface area contributed by atoms with E-state index < -0.39 is 24.5 Å². The summed E-state index contributed by atoms with van der Waals surface area (Å²) in [6.45, 7) is -0.653. The van der Waals surface area contributed by atoms with Crippen molar-refractivity contribution in [1.82, 2.24) is 5.32 Å². The average molecular weight is 276 g/mol. The molecule has 0 saturated carbocycles. The number of aliphatic carboxylic acids is 1. The molecule has 1 aromatic heterocycles. The molecule has 0 saturated heterocycles. The van der Waals surface area contributed by atoms with Gasteiger partial charge in [-0.1, -0.05) is 11.6 Å². The van der Waals surface area contributed by atoms with Crippen molar-refractivity contribution in [1.29, 1.82) is 0 Å². The number of rotatable bonds is 5. The number of aliphatic hydroxyl groups is 1. The fourth-order valence-electron chi connectivity index (χ4n) is 0.981. The third-order valence-electron chi connectivity index (χ3n) is 1.79. The lowest BCUT2D eigenvalue weighted by atomic mass is 10.3. The van der Waals surface area contributed by atoms with Crippen molar-refractivity contribution >= 4 is 40.9 Å². The van der Waals surface area contributed by atoms with Crippen molar-refractivity contribution in [3.63, 3.8) is 0 Å². The molecule has 1 unspecified atom stereocenters. The van der Waals surface area contributed by atoms with Gasteiger partial charge < -0.3 is 15.5 Å². The maximum atomic E-state index is 11.3. The number of hydrogen-bond donors (Lipinski definition) is 3. The topological polar surface area (TPSA) is 86.6 Å². The maximum Gasteiger partial charge on any atom is 0.328 e. The molecular formula is C10H10ClNO4S.